The Labute approximate surface area is 125 Å². The molecule has 4 N–H and O–H groups in total. The number of rotatable bonds is 4. The number of nitrogens with zero attached hydrogens (tertiary/aromatic N) is 2. The lowest BCUT2D eigenvalue weighted by Crippen LogP contribution is -2.21. The van der Waals surface area contributed by atoms with Gasteiger partial charge in [-0.2, -0.15) is 5.26 Å². The Hall–Kier alpha value is -2.59. The van der Waals surface area contributed by atoms with Gasteiger partial charge in [-0.3, -0.25) is 4.79 Å². The molecule has 1 aromatic heterocycles. The Morgan fingerprint density at radius 1 is 1.43 bits per heavy atom. The van der Waals surface area contributed by atoms with Crippen molar-refractivity contribution in [2.45, 2.75) is 6.54 Å². The normalized spacial score (nSPS) is 10.1. The molecule has 1 amide bonds. The number of hydrogen-bond acceptors (Lipinski definition) is 5. The summed E-state index contributed by atoms with van der Waals surface area (Å²) >= 11 is 1.11. The maximum Gasteiger partial charge on any atom is 0.253 e. The van der Waals surface area contributed by atoms with Crippen LogP contribution in [0.4, 0.5) is 15.1 Å². The first-order chi connectivity index (χ1) is 9.93. The van der Waals surface area contributed by atoms with E-state index in [9.17, 15) is 9.18 Å². The molecule has 2 rings (SSSR count). The summed E-state index contributed by atoms with van der Waals surface area (Å²) in [6.07, 6.45) is 0. The predicted molar refractivity (Wildman–Crippen MR) is 80.5 cm³/mol. The number of thiophene rings is 1. The fourth-order valence-electron chi connectivity index (χ4n) is 1.96. The number of hydrogen-bond donors (Lipinski definition) is 2. The van der Waals surface area contributed by atoms with Crippen molar-refractivity contribution in [2.75, 3.05) is 17.7 Å². The molecule has 0 saturated carbocycles. The van der Waals surface area contributed by atoms with Crippen molar-refractivity contribution in [1.82, 2.24) is 0 Å². The third kappa shape index (κ3) is 2.95. The molecule has 0 unspecified atom stereocenters. The van der Waals surface area contributed by atoms with E-state index in [1.807, 2.05) is 6.07 Å². The third-order valence-corrected chi connectivity index (χ3v) is 4.18. The summed E-state index contributed by atoms with van der Waals surface area (Å²) in [6, 6.07) is 7.97. The highest BCUT2D eigenvalue weighted by Crippen LogP contribution is 2.37. The van der Waals surface area contributed by atoms with Crippen LogP contribution < -0.4 is 16.4 Å². The van der Waals surface area contributed by atoms with Crippen LogP contribution in [0.5, 0.6) is 0 Å². The standard InChI is InChI=1S/C14H13FN4OS/c1-19(7-8-2-4-9(15)5-3-8)14-11(13(18)20)12(17)10(6-16)21-14/h2-5H,7,17H2,1H3,(H2,18,20). The molecule has 7 heteroatoms. The second-order valence-electron chi connectivity index (χ2n) is 4.48. The van der Waals surface area contributed by atoms with Crippen molar-refractivity contribution in [1.29, 1.82) is 5.26 Å². The number of benzene rings is 1. The number of nitriles is 1. The van der Waals surface area contributed by atoms with Crippen molar-refractivity contribution in [3.05, 3.63) is 46.1 Å². The molecule has 0 atom stereocenters. The molecular weight excluding hydrogens is 291 g/mol. The second-order valence-corrected chi connectivity index (χ2v) is 5.48. The van der Waals surface area contributed by atoms with Crippen LogP contribution in [-0.4, -0.2) is 13.0 Å². The largest absolute Gasteiger partial charge is 0.396 e. The van der Waals surface area contributed by atoms with Gasteiger partial charge in [0.1, 0.15) is 21.8 Å². The van der Waals surface area contributed by atoms with Crippen LogP contribution in [0.15, 0.2) is 24.3 Å². The molecule has 0 aliphatic heterocycles. The van der Waals surface area contributed by atoms with Crippen LogP contribution in [-0.2, 0) is 6.54 Å². The molecule has 0 saturated heterocycles. The van der Waals surface area contributed by atoms with Crippen molar-refractivity contribution >= 4 is 27.9 Å². The van der Waals surface area contributed by atoms with E-state index in [-0.39, 0.29) is 21.9 Å². The Morgan fingerprint density at radius 3 is 2.57 bits per heavy atom. The minimum absolute atomic E-state index is 0.107. The molecule has 0 aliphatic rings. The minimum Gasteiger partial charge on any atom is -0.396 e. The van der Waals surface area contributed by atoms with Crippen LogP contribution in [0.3, 0.4) is 0 Å². The van der Waals surface area contributed by atoms with E-state index in [1.165, 1.54) is 12.1 Å². The first-order valence-corrected chi connectivity index (χ1v) is 6.83. The van der Waals surface area contributed by atoms with Crippen molar-refractivity contribution in [3.8, 4) is 6.07 Å². The average molecular weight is 304 g/mol. The molecule has 5 nitrogen and oxygen atoms in total. The van der Waals surface area contributed by atoms with E-state index in [0.29, 0.717) is 11.5 Å². The summed E-state index contributed by atoms with van der Waals surface area (Å²) in [5, 5.41) is 9.54. The van der Waals surface area contributed by atoms with Crippen molar-refractivity contribution in [3.63, 3.8) is 0 Å². The molecule has 0 bridgehead atoms. The molecule has 1 heterocycles. The van der Waals surface area contributed by atoms with Crippen LogP contribution in [0.1, 0.15) is 20.8 Å². The van der Waals surface area contributed by atoms with E-state index < -0.39 is 5.91 Å². The van der Waals surface area contributed by atoms with Crippen LogP contribution >= 0.6 is 11.3 Å². The second kappa shape index (κ2) is 5.81. The molecule has 1 aromatic carbocycles. The zero-order chi connectivity index (χ0) is 15.6. The van der Waals surface area contributed by atoms with Gasteiger partial charge in [0.05, 0.1) is 11.3 Å². The van der Waals surface area contributed by atoms with E-state index in [2.05, 4.69) is 0 Å². The topological polar surface area (TPSA) is 96.1 Å². The van der Waals surface area contributed by atoms with Gasteiger partial charge in [0, 0.05) is 13.6 Å². The molecule has 2 aromatic rings. The van der Waals surface area contributed by atoms with Crippen molar-refractivity contribution in [2.24, 2.45) is 5.73 Å². The predicted octanol–water partition coefficient (Wildman–Crippen LogP) is 2.08. The molecule has 0 aliphatic carbocycles. The molecule has 0 spiro atoms. The monoisotopic (exact) mass is 304 g/mol. The maximum absolute atomic E-state index is 12.9. The van der Waals surface area contributed by atoms with E-state index >= 15 is 0 Å². The Balaban J connectivity index is 2.35. The summed E-state index contributed by atoms with van der Waals surface area (Å²) in [5.74, 6) is -0.988. The highest BCUT2D eigenvalue weighted by Gasteiger charge is 2.22. The number of halogens is 1. The SMILES string of the molecule is CN(Cc1ccc(F)cc1)c1sc(C#N)c(N)c1C(N)=O. The lowest BCUT2D eigenvalue weighted by atomic mass is 10.2. The summed E-state index contributed by atoms with van der Waals surface area (Å²) in [6.45, 7) is 0.436. The number of amides is 1. The minimum atomic E-state index is -0.675. The summed E-state index contributed by atoms with van der Waals surface area (Å²) in [7, 11) is 1.75. The van der Waals surface area contributed by atoms with Gasteiger partial charge in [0.15, 0.2) is 0 Å². The van der Waals surface area contributed by atoms with E-state index in [1.54, 1.807) is 24.1 Å². The summed E-state index contributed by atoms with van der Waals surface area (Å²) in [5.41, 5.74) is 12.2. The zero-order valence-electron chi connectivity index (χ0n) is 11.3. The molecular formula is C14H13FN4OS. The quantitative estimate of drug-likeness (QED) is 0.903. The molecule has 0 radical (unpaired) electrons. The molecule has 21 heavy (non-hydrogen) atoms. The number of nitrogens with two attached hydrogens (primary N) is 2. The van der Waals surface area contributed by atoms with Gasteiger partial charge >= 0.3 is 0 Å². The first kappa shape index (κ1) is 14.8. The smallest absolute Gasteiger partial charge is 0.253 e. The van der Waals surface area contributed by atoms with Gasteiger partial charge in [0.2, 0.25) is 0 Å². The average Bonchev–Trinajstić information content (AvgIpc) is 2.78. The van der Waals surface area contributed by atoms with Crippen LogP contribution in [0.2, 0.25) is 0 Å². The van der Waals surface area contributed by atoms with Gasteiger partial charge in [-0.25, -0.2) is 4.39 Å². The van der Waals surface area contributed by atoms with Crippen molar-refractivity contribution < 1.29 is 9.18 Å². The Bertz CT molecular complexity index is 718. The van der Waals surface area contributed by atoms with Gasteiger partial charge in [-0.15, -0.1) is 11.3 Å². The van der Waals surface area contributed by atoms with E-state index in [4.69, 9.17) is 16.7 Å². The Morgan fingerprint density at radius 2 is 2.05 bits per heavy atom. The van der Waals surface area contributed by atoms with Gasteiger partial charge in [-0.1, -0.05) is 12.1 Å². The number of carbonyl (C=O) groups excluding carboxylic acids is 1. The highest BCUT2D eigenvalue weighted by atomic mass is 32.1. The first-order valence-electron chi connectivity index (χ1n) is 6.01. The maximum atomic E-state index is 12.9. The van der Waals surface area contributed by atoms with Gasteiger partial charge in [-0.05, 0) is 17.7 Å². The third-order valence-electron chi connectivity index (χ3n) is 2.95. The zero-order valence-corrected chi connectivity index (χ0v) is 12.1. The van der Waals surface area contributed by atoms with E-state index in [0.717, 1.165) is 16.9 Å². The summed E-state index contributed by atoms with van der Waals surface area (Å²) in [4.78, 5) is 13.6. The van der Waals surface area contributed by atoms with Crippen LogP contribution in [0.25, 0.3) is 0 Å². The van der Waals surface area contributed by atoms with Gasteiger partial charge < -0.3 is 16.4 Å². The number of primary amides is 1. The summed E-state index contributed by atoms with van der Waals surface area (Å²) < 4.78 is 12.9. The fourth-order valence-corrected chi connectivity index (χ4v) is 2.94. The Kier molecular flexibility index (Phi) is 4.10. The number of anilines is 2. The lowest BCUT2D eigenvalue weighted by Gasteiger charge is -2.18. The number of nitrogen functional groups attached to an aromatic ring is 1. The number of carbonyl (C=O) groups is 1. The molecule has 0 fully saturated rings. The fraction of sp³-hybridized carbons (Fsp3) is 0.143. The highest BCUT2D eigenvalue weighted by molar-refractivity contribution is 7.17. The van der Waals surface area contributed by atoms with Gasteiger partial charge in [0.25, 0.3) is 5.91 Å². The van der Waals surface area contributed by atoms with Crippen LogP contribution in [0, 0.1) is 17.1 Å². The molecule has 108 valence electrons. The lowest BCUT2D eigenvalue weighted by molar-refractivity contribution is 0.100.